The Morgan fingerprint density at radius 3 is 3.00 bits per heavy atom. The summed E-state index contributed by atoms with van der Waals surface area (Å²) >= 11 is 7.33. The zero-order chi connectivity index (χ0) is 12.4. The number of aromatic nitrogens is 2. The van der Waals surface area contributed by atoms with Gasteiger partial charge in [-0.05, 0) is 56.3 Å². The molecule has 100 valence electrons. The van der Waals surface area contributed by atoms with E-state index in [-0.39, 0.29) is 0 Å². The van der Waals surface area contributed by atoms with Gasteiger partial charge in [0.05, 0.1) is 6.54 Å². The third-order valence-electron chi connectivity index (χ3n) is 4.01. The Bertz CT molecular complexity index is 391. The van der Waals surface area contributed by atoms with Gasteiger partial charge in [0.25, 0.3) is 0 Å². The fourth-order valence-electron chi connectivity index (χ4n) is 3.17. The molecule has 2 aliphatic heterocycles. The quantitative estimate of drug-likeness (QED) is 0.924. The molecular weight excluding hydrogens is 268 g/mol. The largest absolute Gasteiger partial charge is 0.314 e. The molecule has 0 radical (unpaired) electrons. The van der Waals surface area contributed by atoms with E-state index in [0.29, 0.717) is 4.47 Å². The number of rotatable bonds is 3. The summed E-state index contributed by atoms with van der Waals surface area (Å²) in [5.74, 6) is 0.810. The monoisotopic (exact) mass is 286 g/mol. The van der Waals surface area contributed by atoms with Crippen LogP contribution in [0.25, 0.3) is 0 Å². The van der Waals surface area contributed by atoms with Crippen LogP contribution in [0.3, 0.4) is 0 Å². The maximum atomic E-state index is 5.83. The molecule has 18 heavy (non-hydrogen) atoms. The van der Waals surface area contributed by atoms with E-state index in [2.05, 4.69) is 20.4 Å². The van der Waals surface area contributed by atoms with E-state index in [9.17, 15) is 0 Å². The Balaban J connectivity index is 1.56. The van der Waals surface area contributed by atoms with Gasteiger partial charge in [-0.15, -0.1) is 10.2 Å². The molecule has 4 nitrogen and oxygen atoms in total. The first-order valence-corrected chi connectivity index (χ1v) is 7.94. The summed E-state index contributed by atoms with van der Waals surface area (Å²) in [5.41, 5.74) is 0. The van der Waals surface area contributed by atoms with E-state index in [4.69, 9.17) is 11.6 Å². The number of hydrogen-bond donors (Lipinski definition) is 1. The first kappa shape index (κ1) is 12.8. The van der Waals surface area contributed by atoms with Gasteiger partial charge < -0.3 is 5.32 Å². The van der Waals surface area contributed by atoms with Crippen molar-refractivity contribution in [1.29, 1.82) is 0 Å². The summed E-state index contributed by atoms with van der Waals surface area (Å²) in [5, 5.41) is 12.7. The molecule has 2 fully saturated rings. The highest BCUT2D eigenvalue weighted by Crippen LogP contribution is 2.26. The second-order valence-corrected chi connectivity index (χ2v) is 6.93. The molecular formula is C12H19ClN4S. The van der Waals surface area contributed by atoms with E-state index in [1.807, 2.05) is 0 Å². The molecule has 0 amide bonds. The summed E-state index contributed by atoms with van der Waals surface area (Å²) < 4.78 is 0.552. The van der Waals surface area contributed by atoms with Crippen molar-refractivity contribution >= 4 is 22.9 Å². The summed E-state index contributed by atoms with van der Waals surface area (Å²) in [4.78, 5) is 2.50. The second kappa shape index (κ2) is 5.82. The van der Waals surface area contributed by atoms with Crippen molar-refractivity contribution in [3.8, 4) is 0 Å². The number of halogens is 1. The van der Waals surface area contributed by atoms with Crippen molar-refractivity contribution in [1.82, 2.24) is 20.4 Å². The van der Waals surface area contributed by atoms with Crippen molar-refractivity contribution < 1.29 is 0 Å². The van der Waals surface area contributed by atoms with Crippen LogP contribution in [-0.4, -0.2) is 40.8 Å². The Kier molecular flexibility index (Phi) is 4.13. The van der Waals surface area contributed by atoms with Gasteiger partial charge in [0.15, 0.2) is 0 Å². The van der Waals surface area contributed by atoms with Crippen LogP contribution in [-0.2, 0) is 6.54 Å². The topological polar surface area (TPSA) is 41.1 Å². The Morgan fingerprint density at radius 1 is 1.33 bits per heavy atom. The van der Waals surface area contributed by atoms with Crippen molar-refractivity contribution in [3.63, 3.8) is 0 Å². The van der Waals surface area contributed by atoms with Gasteiger partial charge in [-0.3, -0.25) is 4.90 Å². The van der Waals surface area contributed by atoms with Crippen molar-refractivity contribution in [2.24, 2.45) is 5.92 Å². The lowest BCUT2D eigenvalue weighted by Crippen LogP contribution is -2.43. The number of piperidine rings is 1. The van der Waals surface area contributed by atoms with E-state index in [1.54, 1.807) is 0 Å². The van der Waals surface area contributed by atoms with Crippen LogP contribution in [0, 0.1) is 5.92 Å². The number of nitrogens with one attached hydrogen (secondary N) is 1. The van der Waals surface area contributed by atoms with Gasteiger partial charge in [0.2, 0.25) is 4.47 Å². The summed E-state index contributed by atoms with van der Waals surface area (Å²) in [6.07, 6.45) is 5.36. The maximum Gasteiger partial charge on any atom is 0.207 e. The number of likely N-dealkylation sites (tertiary alicyclic amines) is 1. The minimum atomic E-state index is 0.552. The normalized spacial score (nSPS) is 29.8. The summed E-state index contributed by atoms with van der Waals surface area (Å²) in [6.45, 7) is 4.48. The van der Waals surface area contributed by atoms with Crippen LogP contribution in [0.4, 0.5) is 0 Å². The van der Waals surface area contributed by atoms with Gasteiger partial charge >= 0.3 is 0 Å². The fraction of sp³-hybridized carbons (Fsp3) is 0.833. The zero-order valence-electron chi connectivity index (χ0n) is 10.4. The van der Waals surface area contributed by atoms with Crippen LogP contribution in [0.1, 0.15) is 30.7 Å². The minimum Gasteiger partial charge on any atom is -0.314 e. The molecule has 0 aromatic carbocycles. The highest BCUT2D eigenvalue weighted by atomic mass is 35.5. The highest BCUT2D eigenvalue weighted by molar-refractivity contribution is 7.15. The molecule has 3 heterocycles. The second-order valence-electron chi connectivity index (χ2n) is 5.29. The molecule has 2 aliphatic rings. The first-order chi connectivity index (χ1) is 8.81. The Hall–Kier alpha value is -0.230. The molecule has 2 atom stereocenters. The molecule has 2 unspecified atom stereocenters. The molecule has 1 aromatic heterocycles. The van der Waals surface area contributed by atoms with Crippen molar-refractivity contribution in [2.75, 3.05) is 19.6 Å². The van der Waals surface area contributed by atoms with Crippen LogP contribution >= 0.6 is 22.9 Å². The average molecular weight is 287 g/mol. The van der Waals surface area contributed by atoms with Crippen LogP contribution in [0.15, 0.2) is 0 Å². The van der Waals surface area contributed by atoms with E-state index in [1.165, 1.54) is 56.7 Å². The van der Waals surface area contributed by atoms with Crippen LogP contribution in [0.2, 0.25) is 4.47 Å². The predicted molar refractivity (Wildman–Crippen MR) is 73.9 cm³/mol. The van der Waals surface area contributed by atoms with Gasteiger partial charge in [-0.1, -0.05) is 11.3 Å². The molecule has 0 spiro atoms. The lowest BCUT2D eigenvalue weighted by atomic mass is 9.90. The molecule has 2 saturated heterocycles. The fourth-order valence-corrected chi connectivity index (χ4v) is 4.08. The number of nitrogens with zero attached hydrogens (tertiary/aromatic N) is 3. The zero-order valence-corrected chi connectivity index (χ0v) is 12.0. The smallest absolute Gasteiger partial charge is 0.207 e. The van der Waals surface area contributed by atoms with E-state index < -0.39 is 0 Å². The van der Waals surface area contributed by atoms with Crippen LogP contribution in [0.5, 0.6) is 0 Å². The number of hydrogen-bond acceptors (Lipinski definition) is 5. The van der Waals surface area contributed by atoms with E-state index >= 15 is 0 Å². The Labute approximate surface area is 117 Å². The highest BCUT2D eigenvalue weighted by Gasteiger charge is 2.29. The average Bonchev–Trinajstić information content (AvgIpc) is 3.01. The van der Waals surface area contributed by atoms with Crippen molar-refractivity contribution in [2.45, 2.75) is 38.3 Å². The molecule has 1 aromatic rings. The van der Waals surface area contributed by atoms with Gasteiger partial charge in [-0.25, -0.2) is 0 Å². The molecule has 0 saturated carbocycles. The first-order valence-electron chi connectivity index (χ1n) is 6.75. The SMILES string of the molecule is Clc1nnc(CN2CCCC(C3CCCN3)C2)s1. The van der Waals surface area contributed by atoms with E-state index in [0.717, 1.165) is 23.5 Å². The van der Waals surface area contributed by atoms with Gasteiger partial charge in [-0.2, -0.15) is 0 Å². The summed E-state index contributed by atoms with van der Waals surface area (Å²) in [7, 11) is 0. The predicted octanol–water partition coefficient (Wildman–Crippen LogP) is 2.16. The molecule has 3 rings (SSSR count). The molecule has 0 bridgehead atoms. The third kappa shape index (κ3) is 3.02. The maximum absolute atomic E-state index is 5.83. The Morgan fingerprint density at radius 2 is 2.28 bits per heavy atom. The molecule has 0 aliphatic carbocycles. The third-order valence-corrected chi connectivity index (χ3v) is 5.01. The summed E-state index contributed by atoms with van der Waals surface area (Å²) in [6, 6.07) is 0.741. The van der Waals surface area contributed by atoms with Crippen molar-refractivity contribution in [3.05, 3.63) is 9.47 Å². The minimum absolute atomic E-state index is 0.552. The lowest BCUT2D eigenvalue weighted by Gasteiger charge is -2.35. The lowest BCUT2D eigenvalue weighted by molar-refractivity contribution is 0.145. The molecule has 1 N–H and O–H groups in total. The van der Waals surface area contributed by atoms with Crippen LogP contribution < -0.4 is 5.32 Å². The standard InChI is InChI=1S/C12H19ClN4S/c13-12-16-15-11(18-12)8-17-6-2-3-9(7-17)10-4-1-5-14-10/h9-10,14H,1-8H2. The van der Waals surface area contributed by atoms with Gasteiger partial charge in [0, 0.05) is 12.6 Å². The molecule has 6 heteroatoms. The van der Waals surface area contributed by atoms with Gasteiger partial charge in [0.1, 0.15) is 5.01 Å².